The van der Waals surface area contributed by atoms with Gasteiger partial charge in [0.05, 0.1) is 11.7 Å². The van der Waals surface area contributed by atoms with Gasteiger partial charge in [-0.25, -0.2) is 0 Å². The van der Waals surface area contributed by atoms with Gasteiger partial charge in [-0.2, -0.15) is 0 Å². The minimum Gasteiger partial charge on any atom is -0.351 e. The zero-order valence-electron chi connectivity index (χ0n) is 16.9. The van der Waals surface area contributed by atoms with Crippen LogP contribution in [0.25, 0.3) is 5.69 Å². The maximum absolute atomic E-state index is 5.84. The first kappa shape index (κ1) is 20.0. The van der Waals surface area contributed by atoms with Crippen LogP contribution in [0.5, 0.6) is 0 Å². The third-order valence-corrected chi connectivity index (χ3v) is 6.36. The second-order valence-corrected chi connectivity index (χ2v) is 8.92. The van der Waals surface area contributed by atoms with E-state index in [9.17, 15) is 0 Å². The van der Waals surface area contributed by atoms with Crippen LogP contribution in [0, 0.1) is 6.92 Å². The van der Waals surface area contributed by atoms with Gasteiger partial charge in [0.25, 0.3) is 0 Å². The Balaban J connectivity index is 1.68. The molecule has 1 aliphatic heterocycles. The van der Waals surface area contributed by atoms with Crippen LogP contribution in [0.2, 0.25) is 0 Å². The molecule has 2 atom stereocenters. The second kappa shape index (κ2) is 8.29. The lowest BCUT2D eigenvalue weighted by atomic mass is 10.0. The Morgan fingerprint density at radius 2 is 1.77 bits per heavy atom. The molecule has 0 radical (unpaired) electrons. The molecule has 1 fully saturated rings. The Hall–Kier alpha value is -2.96. The van der Waals surface area contributed by atoms with E-state index < -0.39 is 0 Å². The quantitative estimate of drug-likeness (QED) is 0.350. The third kappa shape index (κ3) is 3.77. The van der Waals surface area contributed by atoms with Crippen molar-refractivity contribution >= 4 is 38.9 Å². The summed E-state index contributed by atoms with van der Waals surface area (Å²) in [6.07, 6.45) is 3.93. The summed E-state index contributed by atoms with van der Waals surface area (Å²) in [5.74, 6) is 0. The van der Waals surface area contributed by atoms with Crippen molar-refractivity contribution in [2.45, 2.75) is 19.0 Å². The van der Waals surface area contributed by atoms with E-state index in [2.05, 4.69) is 109 Å². The smallest absolute Gasteiger partial charge is 0.174 e. The number of thiocarbonyl (C=S) groups is 1. The fourth-order valence-corrected chi connectivity index (χ4v) is 4.94. The van der Waals surface area contributed by atoms with Crippen molar-refractivity contribution in [3.8, 4) is 5.69 Å². The van der Waals surface area contributed by atoms with E-state index in [-0.39, 0.29) is 12.1 Å². The molecule has 4 aromatic rings. The van der Waals surface area contributed by atoms with Crippen LogP contribution in [0.4, 0.5) is 5.69 Å². The number of halogens is 1. The molecule has 2 aromatic heterocycles. The number of aryl methyl sites for hydroxylation is 1. The molecule has 0 spiro atoms. The lowest BCUT2D eigenvalue weighted by molar-refractivity contribution is 0.549. The van der Waals surface area contributed by atoms with Crippen LogP contribution < -0.4 is 10.2 Å². The molecular formula is C25H21BrN4S. The molecule has 0 aliphatic carbocycles. The molecule has 0 bridgehead atoms. The highest BCUT2D eigenvalue weighted by Crippen LogP contribution is 2.42. The Labute approximate surface area is 195 Å². The fraction of sp³-hybridized carbons (Fsp3) is 0.120. The van der Waals surface area contributed by atoms with E-state index in [1.54, 1.807) is 0 Å². The van der Waals surface area contributed by atoms with E-state index in [1.165, 1.54) is 5.56 Å². The number of benzene rings is 2. The van der Waals surface area contributed by atoms with Crippen molar-refractivity contribution in [1.29, 1.82) is 0 Å². The van der Waals surface area contributed by atoms with Gasteiger partial charge in [0.15, 0.2) is 5.11 Å². The first-order chi connectivity index (χ1) is 15.1. The van der Waals surface area contributed by atoms with Crippen molar-refractivity contribution in [2.75, 3.05) is 4.90 Å². The highest BCUT2D eigenvalue weighted by atomic mass is 79.9. The molecular weight excluding hydrogens is 468 g/mol. The first-order valence-electron chi connectivity index (χ1n) is 10.1. The Morgan fingerprint density at radius 3 is 2.55 bits per heavy atom. The molecule has 1 aliphatic rings. The minimum absolute atomic E-state index is 0.0572. The van der Waals surface area contributed by atoms with Gasteiger partial charge in [-0.3, -0.25) is 4.98 Å². The van der Waals surface area contributed by atoms with Gasteiger partial charge in [0.2, 0.25) is 0 Å². The van der Waals surface area contributed by atoms with Crippen LogP contribution in [-0.2, 0) is 0 Å². The topological polar surface area (TPSA) is 33.1 Å². The zero-order valence-corrected chi connectivity index (χ0v) is 19.3. The Bertz CT molecular complexity index is 1240. The van der Waals surface area contributed by atoms with E-state index in [4.69, 9.17) is 12.2 Å². The van der Waals surface area contributed by atoms with E-state index in [1.807, 2.05) is 24.4 Å². The lowest BCUT2D eigenvalue weighted by Crippen LogP contribution is -2.30. The summed E-state index contributed by atoms with van der Waals surface area (Å²) in [7, 11) is 0. The van der Waals surface area contributed by atoms with Crippen molar-refractivity contribution in [3.63, 3.8) is 0 Å². The molecule has 1 saturated heterocycles. The second-order valence-electron chi connectivity index (χ2n) is 7.62. The molecule has 5 rings (SSSR count). The van der Waals surface area contributed by atoms with E-state index in [0.29, 0.717) is 5.11 Å². The normalized spacial score (nSPS) is 18.3. The third-order valence-electron chi connectivity index (χ3n) is 5.55. The predicted octanol–water partition coefficient (Wildman–Crippen LogP) is 6.12. The maximum Gasteiger partial charge on any atom is 0.174 e. The molecule has 3 heterocycles. The van der Waals surface area contributed by atoms with Gasteiger partial charge in [0, 0.05) is 33.9 Å². The zero-order chi connectivity index (χ0) is 21.4. The average Bonchev–Trinajstić information content (AvgIpc) is 3.38. The largest absolute Gasteiger partial charge is 0.351 e. The van der Waals surface area contributed by atoms with Crippen LogP contribution in [0.3, 0.4) is 0 Å². The highest BCUT2D eigenvalue weighted by molar-refractivity contribution is 9.10. The number of rotatable bonds is 4. The Morgan fingerprint density at radius 1 is 0.935 bits per heavy atom. The molecule has 0 amide bonds. The standard InChI is InChI=1S/C25H21BrN4S/c1-17-7-4-10-20(15-17)30-24(23(28-25(30)31)21-11-2-3-13-27-21)22-12-6-14-29(22)19-9-5-8-18(26)16-19/h2-16,23-24H,1H3,(H,28,31)/t23-,24+/m1/s1. The SMILES string of the molecule is Cc1cccc(N2C(=S)N[C@H](c3ccccn3)[C@@H]2c2cccn2-c2cccc(Br)c2)c1. The van der Waals surface area contributed by atoms with Crippen LogP contribution in [0.15, 0.2) is 95.7 Å². The summed E-state index contributed by atoms with van der Waals surface area (Å²) in [6.45, 7) is 2.10. The van der Waals surface area contributed by atoms with Crippen molar-refractivity contribution in [1.82, 2.24) is 14.9 Å². The highest BCUT2D eigenvalue weighted by Gasteiger charge is 2.42. The Kier molecular flexibility index (Phi) is 5.34. The number of nitrogens with one attached hydrogen (secondary N) is 1. The molecule has 0 unspecified atom stereocenters. The van der Waals surface area contributed by atoms with Crippen molar-refractivity contribution < 1.29 is 0 Å². The molecule has 0 saturated carbocycles. The lowest BCUT2D eigenvalue weighted by Gasteiger charge is -2.29. The predicted molar refractivity (Wildman–Crippen MR) is 133 cm³/mol. The molecule has 154 valence electrons. The number of pyridine rings is 1. The minimum atomic E-state index is -0.0741. The van der Waals surface area contributed by atoms with Gasteiger partial charge in [-0.1, -0.05) is 40.2 Å². The number of hydrogen-bond acceptors (Lipinski definition) is 2. The van der Waals surface area contributed by atoms with Crippen molar-refractivity contribution in [3.05, 3.63) is 113 Å². The van der Waals surface area contributed by atoms with Crippen LogP contribution in [0.1, 0.15) is 29.0 Å². The number of hydrogen-bond donors (Lipinski definition) is 1. The summed E-state index contributed by atoms with van der Waals surface area (Å²) >= 11 is 9.45. The molecule has 1 N–H and O–H groups in total. The summed E-state index contributed by atoms with van der Waals surface area (Å²) in [4.78, 5) is 6.87. The average molecular weight is 489 g/mol. The van der Waals surface area contributed by atoms with Gasteiger partial charge in [-0.15, -0.1) is 0 Å². The fourth-order valence-electron chi connectivity index (χ4n) is 4.21. The van der Waals surface area contributed by atoms with Crippen LogP contribution in [-0.4, -0.2) is 14.7 Å². The van der Waals surface area contributed by atoms with Gasteiger partial charge in [-0.05, 0) is 79.3 Å². The molecule has 31 heavy (non-hydrogen) atoms. The van der Waals surface area contributed by atoms with Crippen LogP contribution >= 0.6 is 28.1 Å². The van der Waals surface area contributed by atoms with E-state index in [0.717, 1.165) is 27.2 Å². The first-order valence-corrected chi connectivity index (χ1v) is 11.3. The van der Waals surface area contributed by atoms with Gasteiger partial charge in [0.1, 0.15) is 6.04 Å². The summed E-state index contributed by atoms with van der Waals surface area (Å²) in [5.41, 5.74) is 5.47. The monoisotopic (exact) mass is 488 g/mol. The van der Waals surface area contributed by atoms with E-state index >= 15 is 0 Å². The maximum atomic E-state index is 5.84. The molecule has 2 aromatic carbocycles. The summed E-state index contributed by atoms with van der Waals surface area (Å²) < 4.78 is 3.27. The summed E-state index contributed by atoms with van der Waals surface area (Å²) in [5, 5.41) is 4.24. The van der Waals surface area contributed by atoms with Gasteiger partial charge >= 0.3 is 0 Å². The number of nitrogens with zero attached hydrogens (tertiary/aromatic N) is 3. The van der Waals surface area contributed by atoms with Gasteiger partial charge < -0.3 is 14.8 Å². The summed E-state index contributed by atoms with van der Waals surface area (Å²) in [6, 6.07) is 26.9. The number of anilines is 1. The van der Waals surface area contributed by atoms with Crippen molar-refractivity contribution in [2.24, 2.45) is 0 Å². The molecule has 4 nitrogen and oxygen atoms in total. The molecule has 6 heteroatoms. The number of aromatic nitrogens is 2.